The van der Waals surface area contributed by atoms with Crippen LogP contribution < -0.4 is 26.0 Å². The van der Waals surface area contributed by atoms with Gasteiger partial charge in [-0.1, -0.05) is 19.9 Å². The molecule has 0 aliphatic carbocycles. The predicted molar refractivity (Wildman–Crippen MR) is 130 cm³/mol. The summed E-state index contributed by atoms with van der Waals surface area (Å²) >= 11 is 0. The summed E-state index contributed by atoms with van der Waals surface area (Å²) in [7, 11) is 0. The molecule has 1 aromatic heterocycles. The van der Waals surface area contributed by atoms with Crippen LogP contribution in [0.2, 0.25) is 0 Å². The number of carbonyl (C=O) groups is 2. The standard InChI is InChI=1S/C25H27N5O3/c1-16(2)14-22(33-20-9-4-17-10-12-27-23(26)21(17)15-20)24(31)29-18-5-7-19(8-6-18)30-13-3-11-28-25(30)32/h3-10,12-13,15-16,22H,11,14H2,1-2H3,(H2,26,27)(H,28,32)(H,29,31). The van der Waals surface area contributed by atoms with Gasteiger partial charge in [-0.15, -0.1) is 0 Å². The number of rotatable bonds is 7. The molecule has 1 unspecified atom stereocenters. The Morgan fingerprint density at radius 1 is 1.21 bits per heavy atom. The van der Waals surface area contributed by atoms with Gasteiger partial charge in [0.15, 0.2) is 6.10 Å². The van der Waals surface area contributed by atoms with Crippen LogP contribution in [-0.4, -0.2) is 29.6 Å². The summed E-state index contributed by atoms with van der Waals surface area (Å²) in [6, 6.07) is 14.3. The molecule has 0 saturated heterocycles. The molecular formula is C25H27N5O3. The molecular weight excluding hydrogens is 418 g/mol. The van der Waals surface area contributed by atoms with E-state index in [0.29, 0.717) is 35.9 Å². The van der Waals surface area contributed by atoms with Gasteiger partial charge in [-0.05, 0) is 66.3 Å². The van der Waals surface area contributed by atoms with Crippen molar-refractivity contribution in [3.63, 3.8) is 0 Å². The highest BCUT2D eigenvalue weighted by atomic mass is 16.5. The summed E-state index contributed by atoms with van der Waals surface area (Å²) in [5.41, 5.74) is 7.32. The lowest BCUT2D eigenvalue weighted by Gasteiger charge is -2.23. The summed E-state index contributed by atoms with van der Waals surface area (Å²) in [6.45, 7) is 4.59. The predicted octanol–water partition coefficient (Wildman–Crippen LogP) is 4.29. The minimum atomic E-state index is -0.684. The molecule has 0 bridgehead atoms. The molecule has 33 heavy (non-hydrogen) atoms. The third-order valence-corrected chi connectivity index (χ3v) is 5.28. The van der Waals surface area contributed by atoms with Crippen LogP contribution in [0.4, 0.5) is 22.0 Å². The molecule has 0 fully saturated rings. The molecule has 4 rings (SSSR count). The highest BCUT2D eigenvalue weighted by molar-refractivity contribution is 5.97. The van der Waals surface area contributed by atoms with Gasteiger partial charge in [-0.2, -0.15) is 0 Å². The van der Waals surface area contributed by atoms with Crippen molar-refractivity contribution >= 4 is 39.9 Å². The number of urea groups is 1. The van der Waals surface area contributed by atoms with Crippen molar-refractivity contribution in [2.75, 3.05) is 22.5 Å². The highest BCUT2D eigenvalue weighted by Gasteiger charge is 2.23. The zero-order valence-electron chi connectivity index (χ0n) is 18.6. The van der Waals surface area contributed by atoms with Crippen molar-refractivity contribution in [3.8, 4) is 5.75 Å². The number of anilines is 3. The van der Waals surface area contributed by atoms with E-state index in [1.165, 1.54) is 4.90 Å². The molecule has 1 aliphatic heterocycles. The second-order valence-electron chi connectivity index (χ2n) is 8.29. The normalized spacial score (nSPS) is 14.3. The number of amides is 3. The zero-order valence-corrected chi connectivity index (χ0v) is 18.6. The van der Waals surface area contributed by atoms with Gasteiger partial charge >= 0.3 is 6.03 Å². The van der Waals surface area contributed by atoms with Crippen molar-refractivity contribution in [2.24, 2.45) is 5.92 Å². The van der Waals surface area contributed by atoms with Gasteiger partial charge in [0.2, 0.25) is 0 Å². The van der Waals surface area contributed by atoms with Gasteiger partial charge in [0.05, 0.1) is 5.69 Å². The van der Waals surface area contributed by atoms with E-state index in [9.17, 15) is 9.59 Å². The fourth-order valence-electron chi connectivity index (χ4n) is 3.63. The van der Waals surface area contributed by atoms with Crippen molar-refractivity contribution in [1.82, 2.24) is 10.3 Å². The first-order valence-electron chi connectivity index (χ1n) is 10.9. The number of benzene rings is 2. The number of fused-ring (bicyclic) bond motifs is 1. The molecule has 0 radical (unpaired) electrons. The van der Waals surface area contributed by atoms with Crippen LogP contribution in [0, 0.1) is 5.92 Å². The maximum Gasteiger partial charge on any atom is 0.326 e. The van der Waals surface area contributed by atoms with E-state index in [2.05, 4.69) is 15.6 Å². The van der Waals surface area contributed by atoms with Crippen LogP contribution in [-0.2, 0) is 4.79 Å². The van der Waals surface area contributed by atoms with Crippen molar-refractivity contribution < 1.29 is 14.3 Å². The Bertz CT molecular complexity index is 1190. The number of pyridine rings is 1. The van der Waals surface area contributed by atoms with Crippen LogP contribution in [0.15, 0.2) is 67.0 Å². The Labute approximate surface area is 192 Å². The Morgan fingerprint density at radius 3 is 2.73 bits per heavy atom. The smallest absolute Gasteiger partial charge is 0.326 e. The molecule has 8 heteroatoms. The van der Waals surface area contributed by atoms with Crippen molar-refractivity contribution in [2.45, 2.75) is 26.4 Å². The summed E-state index contributed by atoms with van der Waals surface area (Å²) in [6.07, 6.45) is 5.11. The fraction of sp³-hybridized carbons (Fsp3) is 0.240. The average molecular weight is 446 g/mol. The topological polar surface area (TPSA) is 110 Å². The third-order valence-electron chi connectivity index (χ3n) is 5.28. The number of nitrogen functional groups attached to an aromatic ring is 1. The molecule has 170 valence electrons. The Balaban J connectivity index is 1.49. The average Bonchev–Trinajstić information content (AvgIpc) is 2.80. The Morgan fingerprint density at radius 2 is 2.00 bits per heavy atom. The van der Waals surface area contributed by atoms with E-state index in [0.717, 1.165) is 10.8 Å². The minimum Gasteiger partial charge on any atom is -0.481 e. The van der Waals surface area contributed by atoms with Gasteiger partial charge in [0, 0.05) is 30.0 Å². The van der Waals surface area contributed by atoms with E-state index in [1.807, 2.05) is 44.2 Å². The first-order valence-corrected chi connectivity index (χ1v) is 10.9. The zero-order chi connectivity index (χ0) is 23.4. The number of ether oxygens (including phenoxy) is 1. The summed E-state index contributed by atoms with van der Waals surface area (Å²) in [5, 5.41) is 7.41. The molecule has 3 aromatic rings. The van der Waals surface area contributed by atoms with Crippen LogP contribution in [0.1, 0.15) is 20.3 Å². The second-order valence-corrected chi connectivity index (χ2v) is 8.29. The van der Waals surface area contributed by atoms with E-state index >= 15 is 0 Å². The van der Waals surface area contributed by atoms with Gasteiger partial charge < -0.3 is 21.1 Å². The van der Waals surface area contributed by atoms with Gasteiger partial charge in [0.1, 0.15) is 11.6 Å². The van der Waals surface area contributed by atoms with E-state index in [4.69, 9.17) is 10.5 Å². The Kier molecular flexibility index (Phi) is 6.44. The summed E-state index contributed by atoms with van der Waals surface area (Å²) in [5.74, 6) is 0.979. The van der Waals surface area contributed by atoms with Crippen molar-refractivity contribution in [3.05, 3.63) is 67.0 Å². The number of nitrogens with two attached hydrogens (primary N) is 1. The van der Waals surface area contributed by atoms with Crippen LogP contribution in [0.3, 0.4) is 0 Å². The second kappa shape index (κ2) is 9.60. The number of hydrogen-bond donors (Lipinski definition) is 3. The van der Waals surface area contributed by atoms with Gasteiger partial charge in [-0.25, -0.2) is 9.78 Å². The first kappa shape index (κ1) is 22.1. The molecule has 2 aromatic carbocycles. The number of nitrogens with zero attached hydrogens (tertiary/aromatic N) is 2. The van der Waals surface area contributed by atoms with Gasteiger partial charge in [0.25, 0.3) is 5.91 Å². The van der Waals surface area contributed by atoms with Crippen LogP contribution in [0.5, 0.6) is 5.75 Å². The monoisotopic (exact) mass is 445 g/mol. The molecule has 2 heterocycles. The Hall–Kier alpha value is -4.07. The maximum absolute atomic E-state index is 13.1. The quantitative estimate of drug-likeness (QED) is 0.503. The number of carbonyl (C=O) groups excluding carboxylic acids is 2. The van der Waals surface area contributed by atoms with E-state index < -0.39 is 6.10 Å². The molecule has 1 atom stereocenters. The summed E-state index contributed by atoms with van der Waals surface area (Å²) in [4.78, 5) is 30.7. The highest BCUT2D eigenvalue weighted by Crippen LogP contribution is 2.26. The third kappa shape index (κ3) is 5.23. The lowest BCUT2D eigenvalue weighted by molar-refractivity contribution is -0.123. The van der Waals surface area contributed by atoms with E-state index in [-0.39, 0.29) is 17.9 Å². The van der Waals surface area contributed by atoms with Gasteiger partial charge in [-0.3, -0.25) is 9.69 Å². The van der Waals surface area contributed by atoms with Crippen LogP contribution >= 0.6 is 0 Å². The van der Waals surface area contributed by atoms with Crippen molar-refractivity contribution in [1.29, 1.82) is 0 Å². The lowest BCUT2D eigenvalue weighted by atomic mass is 10.0. The first-order chi connectivity index (χ1) is 15.9. The summed E-state index contributed by atoms with van der Waals surface area (Å²) < 4.78 is 6.09. The minimum absolute atomic E-state index is 0.189. The van der Waals surface area contributed by atoms with Crippen LogP contribution in [0.25, 0.3) is 10.8 Å². The van der Waals surface area contributed by atoms with E-state index in [1.54, 1.807) is 36.7 Å². The molecule has 0 saturated carbocycles. The number of hydrogen-bond acceptors (Lipinski definition) is 5. The molecule has 0 spiro atoms. The molecule has 4 N–H and O–H groups in total. The molecule has 3 amide bonds. The largest absolute Gasteiger partial charge is 0.481 e. The SMILES string of the molecule is CC(C)CC(Oc1ccc2ccnc(N)c2c1)C(=O)Nc1ccc(N2C=CCNC2=O)cc1. The lowest BCUT2D eigenvalue weighted by Crippen LogP contribution is -2.39. The number of nitrogens with one attached hydrogen (secondary N) is 2. The number of aromatic nitrogens is 1. The fourth-order valence-corrected chi connectivity index (χ4v) is 3.63. The maximum atomic E-state index is 13.1. The molecule has 8 nitrogen and oxygen atoms in total. The molecule has 1 aliphatic rings.